The lowest BCUT2D eigenvalue weighted by Gasteiger charge is -2.25. The molecule has 3 heteroatoms. The van der Waals surface area contributed by atoms with Crippen LogP contribution in [0.1, 0.15) is 88.7 Å². The molecule has 0 aliphatic rings. The normalized spacial score (nSPS) is 10.9. The van der Waals surface area contributed by atoms with Crippen LogP contribution in [0.2, 0.25) is 0 Å². The molecule has 0 amide bonds. The molecule has 0 atom stereocenters. The van der Waals surface area contributed by atoms with Crippen LogP contribution >= 0.6 is 0 Å². The average molecular weight is 367 g/mol. The summed E-state index contributed by atoms with van der Waals surface area (Å²) in [6.45, 7) is 10.6. The van der Waals surface area contributed by atoms with Gasteiger partial charge in [-0.15, -0.1) is 0 Å². The zero-order chi connectivity index (χ0) is 20.1. The minimum absolute atomic E-state index is 0.0715. The van der Waals surface area contributed by atoms with Crippen molar-refractivity contribution in [1.82, 2.24) is 0 Å². The first-order valence-corrected chi connectivity index (χ1v) is 10.0. The van der Waals surface area contributed by atoms with E-state index >= 15 is 0 Å². The van der Waals surface area contributed by atoms with Gasteiger partial charge in [-0.2, -0.15) is 0 Å². The molecule has 0 unspecified atom stereocenters. The van der Waals surface area contributed by atoms with Gasteiger partial charge in [0.05, 0.1) is 5.56 Å². The highest BCUT2D eigenvalue weighted by molar-refractivity contribution is 6.16. The molecule has 0 fully saturated rings. The van der Waals surface area contributed by atoms with E-state index in [1.807, 2.05) is 0 Å². The Morgan fingerprint density at radius 1 is 0.667 bits per heavy atom. The molecule has 2 aromatic carbocycles. The van der Waals surface area contributed by atoms with Crippen LogP contribution in [-0.2, 0) is 32.1 Å². The molecule has 27 heavy (non-hydrogen) atoms. The Balaban J connectivity index is 2.91. The maximum atomic E-state index is 13.6. The van der Waals surface area contributed by atoms with Crippen molar-refractivity contribution in [2.75, 3.05) is 0 Å². The van der Waals surface area contributed by atoms with Crippen LogP contribution in [0.4, 0.5) is 0 Å². The third-order valence-electron chi connectivity index (χ3n) is 5.46. The van der Waals surface area contributed by atoms with Crippen LogP contribution in [0.3, 0.4) is 0 Å². The fraction of sp³-hybridized carbons (Fsp3) is 0.417. The van der Waals surface area contributed by atoms with Crippen molar-refractivity contribution in [2.24, 2.45) is 0 Å². The molecule has 0 aromatic heterocycles. The van der Waals surface area contributed by atoms with Crippen molar-refractivity contribution in [3.05, 3.63) is 68.8 Å². The van der Waals surface area contributed by atoms with Gasteiger partial charge in [0.2, 0.25) is 0 Å². The number of rotatable bonds is 8. The van der Waals surface area contributed by atoms with Gasteiger partial charge in [0, 0.05) is 11.1 Å². The van der Waals surface area contributed by atoms with Crippen molar-refractivity contribution in [1.29, 1.82) is 0 Å². The van der Waals surface area contributed by atoms with E-state index in [4.69, 9.17) is 0 Å². The quantitative estimate of drug-likeness (QED) is 0.634. The summed E-state index contributed by atoms with van der Waals surface area (Å²) in [5, 5.41) is 9.55. The first-order valence-electron chi connectivity index (χ1n) is 10.0. The molecule has 3 nitrogen and oxygen atoms in total. The monoisotopic (exact) mass is 366 g/mol. The van der Waals surface area contributed by atoms with E-state index in [9.17, 15) is 14.7 Å². The molecule has 144 valence electrons. The summed E-state index contributed by atoms with van der Waals surface area (Å²) >= 11 is 0. The van der Waals surface area contributed by atoms with Crippen LogP contribution < -0.4 is 0 Å². The predicted octanol–water partition coefficient (Wildman–Crippen LogP) is 5.43. The van der Waals surface area contributed by atoms with Crippen molar-refractivity contribution in [3.63, 3.8) is 0 Å². The molecule has 2 rings (SSSR count). The number of ketones is 1. The topological polar surface area (TPSA) is 54.4 Å². The molecule has 1 N–H and O–H groups in total. The summed E-state index contributed by atoms with van der Waals surface area (Å²) in [6.07, 6.45) is 4.24. The fourth-order valence-electron chi connectivity index (χ4n) is 4.37. The smallest absolute Gasteiger partial charge is 0.336 e. The predicted molar refractivity (Wildman–Crippen MR) is 110 cm³/mol. The maximum Gasteiger partial charge on any atom is 0.336 e. The number of carboxylic acid groups (broad SMARTS) is 1. The summed E-state index contributed by atoms with van der Waals surface area (Å²) in [5.74, 6) is -1.22. The highest BCUT2D eigenvalue weighted by Gasteiger charge is 2.26. The van der Waals surface area contributed by atoms with E-state index in [0.717, 1.165) is 48.8 Å². The van der Waals surface area contributed by atoms with Crippen LogP contribution in [0, 0.1) is 0 Å². The van der Waals surface area contributed by atoms with Gasteiger partial charge >= 0.3 is 5.97 Å². The van der Waals surface area contributed by atoms with Crippen molar-refractivity contribution >= 4 is 11.8 Å². The number of carbonyl (C=O) groups excluding carboxylic acids is 1. The summed E-state index contributed by atoms with van der Waals surface area (Å²) in [5.41, 5.74) is 7.18. The van der Waals surface area contributed by atoms with Crippen molar-refractivity contribution < 1.29 is 14.7 Å². The lowest BCUT2D eigenvalue weighted by atomic mass is 9.79. The number of carbonyl (C=O) groups is 2. The Hall–Kier alpha value is -2.42. The SMILES string of the molecule is CCc1c(CC)c(CC)c(C(=O)c2ccccc2C(=O)O)c(CC)c1CC. The van der Waals surface area contributed by atoms with Crippen LogP contribution in [-0.4, -0.2) is 16.9 Å². The van der Waals surface area contributed by atoms with Gasteiger partial charge in [-0.3, -0.25) is 4.79 Å². The molecule has 0 saturated heterocycles. The summed E-state index contributed by atoms with van der Waals surface area (Å²) < 4.78 is 0. The number of hydrogen-bond acceptors (Lipinski definition) is 2. The maximum absolute atomic E-state index is 13.6. The number of hydrogen-bond donors (Lipinski definition) is 1. The molecule has 0 heterocycles. The van der Waals surface area contributed by atoms with Crippen molar-refractivity contribution in [2.45, 2.75) is 66.7 Å². The van der Waals surface area contributed by atoms with Crippen molar-refractivity contribution in [3.8, 4) is 0 Å². The zero-order valence-electron chi connectivity index (χ0n) is 17.1. The number of benzene rings is 2. The van der Waals surface area contributed by atoms with E-state index in [-0.39, 0.29) is 16.9 Å². The van der Waals surface area contributed by atoms with E-state index < -0.39 is 5.97 Å². The molecule has 0 bridgehead atoms. The Labute approximate surface area is 162 Å². The first kappa shape index (κ1) is 20.9. The zero-order valence-corrected chi connectivity index (χ0v) is 17.1. The summed E-state index contributed by atoms with van der Waals surface area (Å²) in [6, 6.07) is 6.54. The van der Waals surface area contributed by atoms with Gasteiger partial charge in [-0.1, -0.05) is 52.8 Å². The van der Waals surface area contributed by atoms with E-state index in [1.165, 1.54) is 22.8 Å². The Bertz CT molecular complexity index is 829. The molecule has 0 radical (unpaired) electrons. The molecular weight excluding hydrogens is 336 g/mol. The molecule has 2 aromatic rings. The lowest BCUT2D eigenvalue weighted by molar-refractivity contribution is 0.0692. The lowest BCUT2D eigenvalue weighted by Crippen LogP contribution is -2.18. The fourth-order valence-corrected chi connectivity index (χ4v) is 4.37. The minimum atomic E-state index is -1.06. The van der Waals surface area contributed by atoms with Gasteiger partial charge in [0.15, 0.2) is 5.78 Å². The van der Waals surface area contributed by atoms with E-state index in [0.29, 0.717) is 0 Å². The molecule has 0 spiro atoms. The molecule has 0 aliphatic carbocycles. The van der Waals surface area contributed by atoms with E-state index in [1.54, 1.807) is 18.2 Å². The van der Waals surface area contributed by atoms with Crippen LogP contribution in [0.15, 0.2) is 24.3 Å². The van der Waals surface area contributed by atoms with Crippen LogP contribution in [0.5, 0.6) is 0 Å². The Morgan fingerprint density at radius 2 is 1.04 bits per heavy atom. The molecular formula is C24H30O3. The highest BCUT2D eigenvalue weighted by Crippen LogP contribution is 2.33. The third-order valence-corrected chi connectivity index (χ3v) is 5.46. The summed E-state index contributed by atoms with van der Waals surface area (Å²) in [7, 11) is 0. The van der Waals surface area contributed by atoms with Gasteiger partial charge in [-0.25, -0.2) is 4.79 Å². The molecule has 0 aliphatic heterocycles. The Morgan fingerprint density at radius 3 is 1.41 bits per heavy atom. The second-order valence-corrected chi connectivity index (χ2v) is 6.72. The summed E-state index contributed by atoms with van der Waals surface area (Å²) in [4.78, 5) is 25.3. The van der Waals surface area contributed by atoms with Gasteiger partial charge < -0.3 is 5.11 Å². The second-order valence-electron chi connectivity index (χ2n) is 6.72. The van der Waals surface area contributed by atoms with Gasteiger partial charge in [-0.05, 0) is 66.0 Å². The van der Waals surface area contributed by atoms with Gasteiger partial charge in [0.1, 0.15) is 0 Å². The van der Waals surface area contributed by atoms with E-state index in [2.05, 4.69) is 34.6 Å². The highest BCUT2D eigenvalue weighted by atomic mass is 16.4. The number of aromatic carboxylic acids is 1. The second kappa shape index (κ2) is 8.98. The molecule has 0 saturated carbocycles. The van der Waals surface area contributed by atoms with Gasteiger partial charge in [0.25, 0.3) is 0 Å². The van der Waals surface area contributed by atoms with Crippen LogP contribution in [0.25, 0.3) is 0 Å². The first-order chi connectivity index (χ1) is 13.0. The average Bonchev–Trinajstić information content (AvgIpc) is 2.70. The number of carboxylic acids is 1. The minimum Gasteiger partial charge on any atom is -0.478 e. The Kier molecular flexibility index (Phi) is 6.95. The third kappa shape index (κ3) is 3.69. The largest absolute Gasteiger partial charge is 0.478 e. The standard InChI is InChI=1S/C24H30O3/c1-6-15-16(7-2)18(9-4)22(19(10-5)17(15)8-3)23(25)20-13-11-12-14-21(20)24(26)27/h11-14H,6-10H2,1-5H3,(H,26,27).